The normalized spacial score (nSPS) is 17.8. The van der Waals surface area contributed by atoms with E-state index in [1.807, 2.05) is 31.0 Å². The number of piperazine rings is 1. The van der Waals surface area contributed by atoms with Crippen LogP contribution in [0.4, 0.5) is 10.1 Å². The molecule has 7 nitrogen and oxygen atoms in total. The first kappa shape index (κ1) is 19.2. The van der Waals surface area contributed by atoms with E-state index in [4.69, 9.17) is 4.42 Å². The fourth-order valence-corrected chi connectivity index (χ4v) is 3.94. The molecule has 0 spiro atoms. The molecule has 152 valence electrons. The molecular weight excluding hydrogens is 377 g/mol. The lowest BCUT2D eigenvalue weighted by atomic mass is 10.1. The topological polar surface area (TPSA) is 78.9 Å². The molecule has 3 heterocycles. The summed E-state index contributed by atoms with van der Waals surface area (Å²) in [5, 5.41) is 9.36. The molecule has 1 aromatic carbocycles. The molecule has 1 unspecified atom stereocenters. The zero-order chi connectivity index (χ0) is 20.7. The second-order valence-corrected chi connectivity index (χ2v) is 7.24. The van der Waals surface area contributed by atoms with Gasteiger partial charge in [0.05, 0.1) is 23.5 Å². The smallest absolute Gasteiger partial charge is 0.341 e. The van der Waals surface area contributed by atoms with Crippen LogP contribution in [0.1, 0.15) is 29.1 Å². The van der Waals surface area contributed by atoms with Crippen molar-refractivity contribution in [2.24, 2.45) is 0 Å². The second-order valence-electron chi connectivity index (χ2n) is 7.24. The third-order valence-corrected chi connectivity index (χ3v) is 5.58. The number of nitrogens with zero attached hydrogens (tertiary/aromatic N) is 3. The molecule has 1 atom stereocenters. The molecule has 1 N–H and O–H groups in total. The average molecular weight is 399 g/mol. The van der Waals surface area contributed by atoms with Crippen LogP contribution in [-0.4, -0.2) is 47.2 Å². The van der Waals surface area contributed by atoms with Gasteiger partial charge in [-0.3, -0.25) is 9.69 Å². The highest BCUT2D eigenvalue weighted by molar-refractivity contribution is 5.93. The largest absolute Gasteiger partial charge is 0.477 e. The van der Waals surface area contributed by atoms with Gasteiger partial charge in [-0.1, -0.05) is 0 Å². The van der Waals surface area contributed by atoms with Gasteiger partial charge in [-0.2, -0.15) is 0 Å². The Kier molecular flexibility index (Phi) is 4.87. The summed E-state index contributed by atoms with van der Waals surface area (Å²) in [6.45, 7) is 4.19. The number of halogens is 1. The highest BCUT2D eigenvalue weighted by atomic mass is 19.1. The van der Waals surface area contributed by atoms with Crippen molar-refractivity contribution in [2.75, 3.05) is 31.6 Å². The molecule has 1 saturated heterocycles. The summed E-state index contributed by atoms with van der Waals surface area (Å²) < 4.78 is 22.3. The van der Waals surface area contributed by atoms with E-state index in [9.17, 15) is 14.7 Å². The highest BCUT2D eigenvalue weighted by Crippen LogP contribution is 2.31. The quantitative estimate of drug-likeness (QED) is 0.727. The molecule has 8 heteroatoms. The molecule has 29 heavy (non-hydrogen) atoms. The van der Waals surface area contributed by atoms with Crippen molar-refractivity contribution in [3.63, 3.8) is 0 Å². The van der Waals surface area contributed by atoms with Gasteiger partial charge >= 0.3 is 5.97 Å². The Bertz CT molecular complexity index is 1120. The van der Waals surface area contributed by atoms with Crippen molar-refractivity contribution >= 4 is 22.6 Å². The number of furan rings is 1. The molecule has 0 aliphatic carbocycles. The van der Waals surface area contributed by atoms with E-state index in [1.54, 1.807) is 16.9 Å². The van der Waals surface area contributed by atoms with Gasteiger partial charge in [0.25, 0.3) is 0 Å². The first-order valence-electron chi connectivity index (χ1n) is 9.49. The zero-order valence-electron chi connectivity index (χ0n) is 16.3. The standard InChI is InChI=1S/C21H22FN3O4/c1-3-24-11-14(21(27)28)20(26)13-9-15(22)17(10-16(13)24)25-7-6-23(2)18(12-25)19-5-4-8-29-19/h4-5,8-11,18H,3,6-7,12H2,1-2H3,(H,27,28). The summed E-state index contributed by atoms with van der Waals surface area (Å²) in [5.41, 5.74) is -0.113. The molecule has 0 amide bonds. The van der Waals surface area contributed by atoms with Crippen LogP contribution in [-0.2, 0) is 6.54 Å². The number of pyridine rings is 1. The van der Waals surface area contributed by atoms with E-state index >= 15 is 4.39 Å². The minimum absolute atomic E-state index is 0.0170. The van der Waals surface area contributed by atoms with Gasteiger partial charge in [0.1, 0.15) is 17.1 Å². The summed E-state index contributed by atoms with van der Waals surface area (Å²) in [6.07, 6.45) is 2.95. The predicted molar refractivity (Wildman–Crippen MR) is 107 cm³/mol. The van der Waals surface area contributed by atoms with Crippen molar-refractivity contribution in [1.29, 1.82) is 0 Å². The zero-order valence-corrected chi connectivity index (χ0v) is 16.3. The van der Waals surface area contributed by atoms with Crippen molar-refractivity contribution < 1.29 is 18.7 Å². The SMILES string of the molecule is CCn1cc(C(=O)O)c(=O)c2cc(F)c(N3CCN(C)C(c4ccco4)C3)cc21. The molecular formula is C21H22FN3O4. The lowest BCUT2D eigenvalue weighted by Gasteiger charge is -2.39. The number of benzene rings is 1. The van der Waals surface area contributed by atoms with Gasteiger partial charge < -0.3 is 19.0 Å². The van der Waals surface area contributed by atoms with Crippen LogP contribution in [0.3, 0.4) is 0 Å². The monoisotopic (exact) mass is 399 g/mol. The number of carboxylic acid groups (broad SMARTS) is 1. The van der Waals surface area contributed by atoms with Gasteiger partial charge in [-0.25, -0.2) is 9.18 Å². The molecule has 0 bridgehead atoms. The Morgan fingerprint density at radius 1 is 1.34 bits per heavy atom. The number of rotatable bonds is 4. The number of carboxylic acids is 1. The second kappa shape index (κ2) is 7.36. The van der Waals surface area contributed by atoms with Crippen LogP contribution < -0.4 is 10.3 Å². The van der Waals surface area contributed by atoms with Crippen LogP contribution in [0.25, 0.3) is 10.9 Å². The molecule has 1 fully saturated rings. The number of fused-ring (bicyclic) bond motifs is 1. The van der Waals surface area contributed by atoms with Crippen LogP contribution in [0, 0.1) is 5.82 Å². The van der Waals surface area contributed by atoms with Gasteiger partial charge in [0.2, 0.25) is 5.43 Å². The fraction of sp³-hybridized carbons (Fsp3) is 0.333. The minimum atomic E-state index is -1.32. The molecule has 3 aromatic rings. The minimum Gasteiger partial charge on any atom is -0.477 e. The summed E-state index contributed by atoms with van der Waals surface area (Å²) in [5.74, 6) is -1.04. The van der Waals surface area contributed by atoms with Gasteiger partial charge in [-0.05, 0) is 38.2 Å². The summed E-state index contributed by atoms with van der Waals surface area (Å²) in [6, 6.07) is 6.52. The number of likely N-dealkylation sites (N-methyl/N-ethyl adjacent to an activating group) is 1. The number of anilines is 1. The fourth-order valence-electron chi connectivity index (χ4n) is 3.94. The lowest BCUT2D eigenvalue weighted by Crippen LogP contribution is -2.47. The Labute approximate surface area is 166 Å². The Morgan fingerprint density at radius 2 is 2.14 bits per heavy atom. The van der Waals surface area contributed by atoms with E-state index in [1.165, 1.54) is 6.20 Å². The number of aromatic nitrogens is 1. The third-order valence-electron chi connectivity index (χ3n) is 5.58. The van der Waals surface area contributed by atoms with Gasteiger partial charge in [-0.15, -0.1) is 0 Å². The maximum Gasteiger partial charge on any atom is 0.341 e. The highest BCUT2D eigenvalue weighted by Gasteiger charge is 2.29. The Balaban J connectivity index is 1.80. The lowest BCUT2D eigenvalue weighted by molar-refractivity contribution is 0.0695. The number of aromatic carboxylic acids is 1. The average Bonchev–Trinajstić information content (AvgIpc) is 3.23. The maximum atomic E-state index is 15.0. The predicted octanol–water partition coefficient (Wildman–Crippen LogP) is 2.94. The van der Waals surface area contributed by atoms with Crippen molar-refractivity contribution in [3.8, 4) is 0 Å². The number of hydrogen-bond donors (Lipinski definition) is 1. The van der Waals surface area contributed by atoms with E-state index in [-0.39, 0.29) is 17.0 Å². The first-order chi connectivity index (χ1) is 13.9. The first-order valence-corrected chi connectivity index (χ1v) is 9.49. The number of aryl methyl sites for hydroxylation is 1. The number of hydrogen-bond acceptors (Lipinski definition) is 5. The molecule has 0 saturated carbocycles. The van der Waals surface area contributed by atoms with Crippen LogP contribution in [0.2, 0.25) is 0 Å². The molecule has 0 radical (unpaired) electrons. The van der Waals surface area contributed by atoms with Crippen molar-refractivity contribution in [1.82, 2.24) is 9.47 Å². The molecule has 1 aliphatic rings. The van der Waals surface area contributed by atoms with Gasteiger partial charge in [0.15, 0.2) is 0 Å². The van der Waals surface area contributed by atoms with Crippen LogP contribution in [0.15, 0.2) is 45.9 Å². The summed E-state index contributed by atoms with van der Waals surface area (Å²) in [4.78, 5) is 28.0. The maximum absolute atomic E-state index is 15.0. The third kappa shape index (κ3) is 3.29. The summed E-state index contributed by atoms with van der Waals surface area (Å²) in [7, 11) is 2.00. The number of carbonyl (C=O) groups is 1. The summed E-state index contributed by atoms with van der Waals surface area (Å²) >= 11 is 0. The van der Waals surface area contributed by atoms with E-state index in [0.717, 1.165) is 18.4 Å². The van der Waals surface area contributed by atoms with E-state index in [0.29, 0.717) is 30.8 Å². The van der Waals surface area contributed by atoms with Gasteiger partial charge in [0, 0.05) is 37.8 Å². The molecule has 2 aromatic heterocycles. The van der Waals surface area contributed by atoms with Crippen molar-refractivity contribution in [3.05, 3.63) is 64.1 Å². The van der Waals surface area contributed by atoms with E-state index < -0.39 is 17.2 Å². The molecule has 1 aliphatic heterocycles. The Morgan fingerprint density at radius 3 is 2.79 bits per heavy atom. The van der Waals surface area contributed by atoms with Crippen LogP contribution in [0.5, 0.6) is 0 Å². The van der Waals surface area contributed by atoms with Crippen LogP contribution >= 0.6 is 0 Å². The Hall–Kier alpha value is -3.13. The van der Waals surface area contributed by atoms with E-state index in [2.05, 4.69) is 4.90 Å². The van der Waals surface area contributed by atoms with Crippen molar-refractivity contribution in [2.45, 2.75) is 19.5 Å². The molecule has 4 rings (SSSR count).